The maximum absolute atomic E-state index is 13.7. The van der Waals surface area contributed by atoms with Crippen molar-refractivity contribution in [2.45, 2.75) is 88.3 Å². The Kier molecular flexibility index (Phi) is 11.0. The number of amides is 3. The molecule has 1 aliphatic carbocycles. The van der Waals surface area contributed by atoms with Crippen LogP contribution in [0, 0.1) is 0 Å². The number of benzene rings is 1. The van der Waals surface area contributed by atoms with Crippen molar-refractivity contribution < 1.29 is 24.2 Å². The van der Waals surface area contributed by atoms with Gasteiger partial charge >= 0.3 is 0 Å². The van der Waals surface area contributed by atoms with E-state index in [9.17, 15) is 19.5 Å². The molecule has 1 atom stereocenters. The molecule has 0 unspecified atom stereocenters. The van der Waals surface area contributed by atoms with Crippen LogP contribution in [-0.4, -0.2) is 89.6 Å². The maximum Gasteiger partial charge on any atom is 0.251 e. The highest BCUT2D eigenvalue weighted by Gasteiger charge is 2.54. The van der Waals surface area contributed by atoms with Crippen molar-refractivity contribution in [1.29, 1.82) is 0 Å². The molecule has 39 heavy (non-hydrogen) atoms. The quantitative estimate of drug-likeness (QED) is 0.403. The SMILES string of the molecule is CCCCN1C(=O)[C@@H](CC2(O)CCCCC2)NC(=O)C12CCN(CCOc1ccc(C(=O)NC)cc1)CC2.Cl. The number of hydrogen-bond acceptors (Lipinski definition) is 6. The number of nitrogens with zero attached hydrogens (tertiary/aromatic N) is 2. The summed E-state index contributed by atoms with van der Waals surface area (Å²) in [6, 6.07) is 6.42. The molecule has 0 radical (unpaired) electrons. The predicted octanol–water partition coefficient (Wildman–Crippen LogP) is 2.89. The molecule has 3 aliphatic rings. The number of halogens is 1. The number of carbonyl (C=O) groups excluding carboxylic acids is 3. The zero-order chi connectivity index (χ0) is 27.2. The van der Waals surface area contributed by atoms with E-state index in [-0.39, 0.29) is 30.1 Å². The molecule has 3 fully saturated rings. The zero-order valence-corrected chi connectivity index (χ0v) is 24.2. The fourth-order valence-electron chi connectivity index (χ4n) is 6.23. The van der Waals surface area contributed by atoms with Crippen LogP contribution in [0.1, 0.15) is 81.5 Å². The van der Waals surface area contributed by atoms with E-state index in [0.717, 1.165) is 32.1 Å². The summed E-state index contributed by atoms with van der Waals surface area (Å²) in [6.07, 6.45) is 7.74. The first kappa shape index (κ1) is 31.2. The number of ether oxygens (including phenoxy) is 1. The predicted molar refractivity (Wildman–Crippen MR) is 152 cm³/mol. The second-order valence-corrected chi connectivity index (χ2v) is 11.2. The molecule has 3 amide bonds. The third-order valence-corrected chi connectivity index (χ3v) is 8.62. The minimum Gasteiger partial charge on any atom is -0.492 e. The van der Waals surface area contributed by atoms with Crippen molar-refractivity contribution in [3.8, 4) is 5.75 Å². The topological polar surface area (TPSA) is 111 Å². The number of piperazine rings is 1. The monoisotopic (exact) mass is 564 g/mol. The molecular weight excluding hydrogens is 520 g/mol. The Bertz CT molecular complexity index is 974. The van der Waals surface area contributed by atoms with E-state index in [1.54, 1.807) is 31.3 Å². The van der Waals surface area contributed by atoms with Crippen LogP contribution in [0.3, 0.4) is 0 Å². The molecule has 9 nitrogen and oxygen atoms in total. The van der Waals surface area contributed by atoms with Crippen LogP contribution in [0.2, 0.25) is 0 Å². The van der Waals surface area contributed by atoms with E-state index in [1.807, 2.05) is 4.90 Å². The van der Waals surface area contributed by atoms with Crippen molar-refractivity contribution in [2.24, 2.45) is 0 Å². The lowest BCUT2D eigenvalue weighted by molar-refractivity contribution is -0.163. The zero-order valence-electron chi connectivity index (χ0n) is 23.4. The van der Waals surface area contributed by atoms with E-state index in [1.165, 1.54) is 0 Å². The molecule has 2 saturated heterocycles. The van der Waals surface area contributed by atoms with E-state index in [4.69, 9.17) is 4.74 Å². The molecule has 3 N–H and O–H groups in total. The van der Waals surface area contributed by atoms with Gasteiger partial charge in [-0.15, -0.1) is 12.4 Å². The number of aliphatic hydroxyl groups is 1. The Hall–Kier alpha value is -2.36. The number of piperidine rings is 1. The summed E-state index contributed by atoms with van der Waals surface area (Å²) in [5.74, 6) is 0.478. The van der Waals surface area contributed by atoms with Gasteiger partial charge in [0.25, 0.3) is 5.91 Å². The number of carbonyl (C=O) groups is 3. The number of rotatable bonds is 10. The highest BCUT2D eigenvalue weighted by molar-refractivity contribution is 6.00. The molecule has 1 aromatic carbocycles. The first-order valence-electron chi connectivity index (χ1n) is 14.3. The summed E-state index contributed by atoms with van der Waals surface area (Å²) in [7, 11) is 1.60. The second kappa shape index (κ2) is 13.8. The van der Waals surface area contributed by atoms with Crippen LogP contribution >= 0.6 is 12.4 Å². The molecule has 2 heterocycles. The summed E-state index contributed by atoms with van der Waals surface area (Å²) < 4.78 is 5.88. The van der Waals surface area contributed by atoms with Gasteiger partial charge in [0.15, 0.2) is 0 Å². The second-order valence-electron chi connectivity index (χ2n) is 11.2. The van der Waals surface area contributed by atoms with Gasteiger partial charge in [0.05, 0.1) is 5.60 Å². The first-order valence-corrected chi connectivity index (χ1v) is 14.3. The lowest BCUT2D eigenvalue weighted by Gasteiger charge is -2.52. The highest BCUT2D eigenvalue weighted by Crippen LogP contribution is 2.37. The van der Waals surface area contributed by atoms with Crippen LogP contribution < -0.4 is 15.4 Å². The van der Waals surface area contributed by atoms with Crippen molar-refractivity contribution in [1.82, 2.24) is 20.4 Å². The van der Waals surface area contributed by atoms with Gasteiger partial charge in [0.2, 0.25) is 11.8 Å². The van der Waals surface area contributed by atoms with Crippen molar-refractivity contribution >= 4 is 30.1 Å². The molecule has 0 aromatic heterocycles. The summed E-state index contributed by atoms with van der Waals surface area (Å²) >= 11 is 0. The minimum absolute atomic E-state index is 0. The number of unbranched alkanes of at least 4 members (excludes halogenated alkanes) is 1. The highest BCUT2D eigenvalue weighted by atomic mass is 35.5. The molecule has 10 heteroatoms. The maximum atomic E-state index is 13.7. The fourth-order valence-corrected chi connectivity index (χ4v) is 6.23. The molecule has 1 saturated carbocycles. The molecular formula is C29H45ClN4O5. The molecule has 4 rings (SSSR count). The van der Waals surface area contributed by atoms with Crippen LogP contribution in [0.5, 0.6) is 5.75 Å². The van der Waals surface area contributed by atoms with E-state index < -0.39 is 17.2 Å². The summed E-state index contributed by atoms with van der Waals surface area (Å²) in [4.78, 5) is 43.1. The average molecular weight is 565 g/mol. The number of likely N-dealkylation sites (tertiary alicyclic amines) is 1. The Morgan fingerprint density at radius 3 is 2.36 bits per heavy atom. The van der Waals surface area contributed by atoms with Gasteiger partial charge in [0, 0.05) is 45.2 Å². The van der Waals surface area contributed by atoms with Crippen LogP contribution in [0.4, 0.5) is 0 Å². The lowest BCUT2D eigenvalue weighted by atomic mass is 9.77. The van der Waals surface area contributed by atoms with Crippen LogP contribution in [-0.2, 0) is 9.59 Å². The van der Waals surface area contributed by atoms with Gasteiger partial charge < -0.3 is 25.4 Å². The third-order valence-electron chi connectivity index (χ3n) is 8.62. The van der Waals surface area contributed by atoms with Crippen molar-refractivity contribution in [3.63, 3.8) is 0 Å². The van der Waals surface area contributed by atoms with E-state index in [2.05, 4.69) is 22.5 Å². The fraction of sp³-hybridized carbons (Fsp3) is 0.690. The number of nitrogens with one attached hydrogen (secondary N) is 2. The lowest BCUT2D eigenvalue weighted by Crippen LogP contribution is -2.73. The molecule has 218 valence electrons. The first-order chi connectivity index (χ1) is 18.3. The standard InChI is InChI=1S/C29H44N4O5.ClH/c1-3-4-16-33-26(35)24(21-28(37)12-6-5-7-13-28)31-27(36)29(33)14-17-32(18-15-29)19-20-38-23-10-8-22(9-11-23)25(34)30-2;/h8-11,24,37H,3-7,12-21H2,1-2H3,(H,30,34)(H,31,36);1H/t24-;/m1./s1. The Balaban J connectivity index is 0.00000420. The third kappa shape index (κ3) is 7.24. The van der Waals surface area contributed by atoms with Crippen LogP contribution in [0.25, 0.3) is 0 Å². The molecule has 0 bridgehead atoms. The molecule has 2 aliphatic heterocycles. The van der Waals surface area contributed by atoms with Gasteiger partial charge in [-0.05, 0) is 56.4 Å². The summed E-state index contributed by atoms with van der Waals surface area (Å²) in [5.41, 5.74) is -1.09. The molecule has 1 spiro atoms. The van der Waals surface area contributed by atoms with Gasteiger partial charge in [-0.2, -0.15) is 0 Å². The largest absolute Gasteiger partial charge is 0.492 e. The number of hydrogen-bond donors (Lipinski definition) is 3. The average Bonchev–Trinajstić information content (AvgIpc) is 2.93. The summed E-state index contributed by atoms with van der Waals surface area (Å²) in [5, 5.41) is 16.7. The normalized spacial score (nSPS) is 22.6. The smallest absolute Gasteiger partial charge is 0.251 e. The van der Waals surface area contributed by atoms with E-state index in [0.29, 0.717) is 76.2 Å². The van der Waals surface area contributed by atoms with Gasteiger partial charge in [-0.3, -0.25) is 19.3 Å². The Morgan fingerprint density at radius 2 is 1.74 bits per heavy atom. The van der Waals surface area contributed by atoms with Crippen molar-refractivity contribution in [3.05, 3.63) is 29.8 Å². The Morgan fingerprint density at radius 1 is 1.08 bits per heavy atom. The Labute approximate surface area is 238 Å². The van der Waals surface area contributed by atoms with E-state index >= 15 is 0 Å². The summed E-state index contributed by atoms with van der Waals surface area (Å²) in [6.45, 7) is 5.30. The van der Waals surface area contributed by atoms with Crippen LogP contribution in [0.15, 0.2) is 24.3 Å². The van der Waals surface area contributed by atoms with Gasteiger partial charge in [-0.1, -0.05) is 32.6 Å². The van der Waals surface area contributed by atoms with Crippen molar-refractivity contribution in [2.75, 3.05) is 39.8 Å². The van der Waals surface area contributed by atoms with Gasteiger partial charge in [-0.25, -0.2) is 0 Å². The molecule has 1 aromatic rings. The van der Waals surface area contributed by atoms with Gasteiger partial charge in [0.1, 0.15) is 23.9 Å². The minimum atomic E-state index is -0.862.